The summed E-state index contributed by atoms with van der Waals surface area (Å²) in [5.74, 6) is 5.32. The van der Waals surface area contributed by atoms with Gasteiger partial charge in [-0.05, 0) is 65.9 Å². The minimum atomic E-state index is -3.92. The summed E-state index contributed by atoms with van der Waals surface area (Å²) < 4.78 is 35.2. The van der Waals surface area contributed by atoms with Crippen LogP contribution in [0.15, 0.2) is 78.2 Å². The van der Waals surface area contributed by atoms with Gasteiger partial charge in [0.05, 0.1) is 5.69 Å². The molecule has 11 nitrogen and oxygen atoms in total. The molecule has 0 saturated carbocycles. The van der Waals surface area contributed by atoms with Crippen LogP contribution in [0.2, 0.25) is 0 Å². The third-order valence-electron chi connectivity index (χ3n) is 7.82. The number of aromatic nitrogens is 1. The normalized spacial score (nSPS) is 14.2. The number of hydrogen-bond donors (Lipinski definition) is 3. The first-order chi connectivity index (χ1) is 23.0. The number of carbonyl (C=O) groups excluding carboxylic acids is 1. The van der Waals surface area contributed by atoms with E-state index >= 15 is 0 Å². The first-order valence-corrected chi connectivity index (χ1v) is 17.7. The van der Waals surface area contributed by atoms with E-state index in [0.29, 0.717) is 36.0 Å². The summed E-state index contributed by atoms with van der Waals surface area (Å²) in [4.78, 5) is 30.0. The molecule has 3 N–H and O–H groups in total. The fourth-order valence-electron chi connectivity index (χ4n) is 5.05. The molecule has 1 fully saturated rings. The Labute approximate surface area is 284 Å². The molecule has 4 aromatic rings. The number of nitrogens with one attached hydrogen (secondary N) is 2. The number of benzene rings is 3. The molecule has 0 bridgehead atoms. The summed E-state index contributed by atoms with van der Waals surface area (Å²) in [5, 5.41) is 14.6. The number of amides is 1. The van der Waals surface area contributed by atoms with E-state index in [9.17, 15) is 23.1 Å². The summed E-state index contributed by atoms with van der Waals surface area (Å²) in [5.41, 5.74) is 5.05. The second-order valence-corrected chi connectivity index (χ2v) is 14.1. The molecule has 0 aliphatic carbocycles. The van der Waals surface area contributed by atoms with Gasteiger partial charge < -0.3 is 20.1 Å². The number of rotatable bonds is 11. The van der Waals surface area contributed by atoms with E-state index in [-0.39, 0.29) is 24.9 Å². The van der Waals surface area contributed by atoms with Crippen molar-refractivity contribution in [2.45, 2.75) is 26.5 Å². The number of carbonyl (C=O) groups is 2. The quantitative estimate of drug-likeness (QED) is 0.199. The molecular formula is C35H37N5O6S2. The fourth-order valence-corrected chi connectivity index (χ4v) is 7.21. The van der Waals surface area contributed by atoms with E-state index in [2.05, 4.69) is 26.8 Å². The van der Waals surface area contributed by atoms with Gasteiger partial charge in [0, 0.05) is 61.0 Å². The van der Waals surface area contributed by atoms with Gasteiger partial charge in [-0.25, -0.2) is 4.98 Å². The molecule has 3 aromatic carbocycles. The Balaban J connectivity index is 1.15. The van der Waals surface area contributed by atoms with Crippen LogP contribution in [0.3, 0.4) is 0 Å². The lowest BCUT2D eigenvalue weighted by molar-refractivity contribution is -0.140. The minimum absolute atomic E-state index is 0.129. The van der Waals surface area contributed by atoms with E-state index < -0.39 is 22.2 Å². The molecule has 48 heavy (non-hydrogen) atoms. The van der Waals surface area contributed by atoms with Gasteiger partial charge in [0.15, 0.2) is 5.01 Å². The largest absolute Gasteiger partial charge is 0.489 e. The highest BCUT2D eigenvalue weighted by molar-refractivity contribution is 7.87. The van der Waals surface area contributed by atoms with Gasteiger partial charge in [-0.15, -0.1) is 11.3 Å². The summed E-state index contributed by atoms with van der Waals surface area (Å²) in [6.45, 7) is 5.15. The Bertz CT molecular complexity index is 1910. The highest BCUT2D eigenvalue weighted by Crippen LogP contribution is 2.26. The van der Waals surface area contributed by atoms with Crippen LogP contribution < -0.4 is 19.7 Å². The predicted octanol–water partition coefficient (Wildman–Crippen LogP) is 4.21. The molecule has 1 unspecified atom stereocenters. The lowest BCUT2D eigenvalue weighted by atomic mass is 10.1. The average Bonchev–Trinajstić information content (AvgIpc) is 3.58. The van der Waals surface area contributed by atoms with E-state index in [0.717, 1.165) is 28.1 Å². The maximum absolute atomic E-state index is 12.8. The van der Waals surface area contributed by atoms with Crippen molar-refractivity contribution in [1.29, 1.82) is 0 Å². The molecule has 1 aromatic heterocycles. The van der Waals surface area contributed by atoms with Crippen molar-refractivity contribution in [1.82, 2.24) is 19.3 Å². The van der Waals surface area contributed by atoms with Crippen molar-refractivity contribution in [3.8, 4) is 28.8 Å². The molecule has 0 spiro atoms. The van der Waals surface area contributed by atoms with Crippen molar-refractivity contribution in [3.05, 3.63) is 99.9 Å². The molecule has 5 rings (SSSR count). The highest BCUT2D eigenvalue weighted by atomic mass is 32.2. The topological polar surface area (TPSA) is 141 Å². The minimum Gasteiger partial charge on any atom is -0.489 e. The number of carboxylic acid groups (broad SMARTS) is 1. The maximum atomic E-state index is 12.8. The monoisotopic (exact) mass is 687 g/mol. The molecule has 1 aliphatic rings. The van der Waals surface area contributed by atoms with Gasteiger partial charge in [0.2, 0.25) is 0 Å². The van der Waals surface area contributed by atoms with E-state index in [1.54, 1.807) is 33.0 Å². The lowest BCUT2D eigenvalue weighted by Gasteiger charge is -2.36. The number of nitrogens with zero attached hydrogens (tertiary/aromatic N) is 3. The van der Waals surface area contributed by atoms with Crippen molar-refractivity contribution in [2.24, 2.45) is 5.92 Å². The van der Waals surface area contributed by atoms with Crippen LogP contribution in [0.1, 0.15) is 40.3 Å². The SMILES string of the molecule is CNC(=O)c1ccc(COc2cccc(-c3csc(C#Cc4ccc(N5CCN(S(=O)(=O)NC(C(=O)O)C(C)C)CC5)cc4)n3)c2)cc1. The second kappa shape index (κ2) is 15.4. The van der Waals surface area contributed by atoms with E-state index in [1.807, 2.05) is 66.0 Å². The first-order valence-electron chi connectivity index (χ1n) is 15.4. The number of carboxylic acids is 1. The van der Waals surface area contributed by atoms with Gasteiger partial charge in [0.1, 0.15) is 18.4 Å². The van der Waals surface area contributed by atoms with Crippen LogP contribution in [0.25, 0.3) is 11.3 Å². The second-order valence-electron chi connectivity index (χ2n) is 11.5. The molecule has 1 aliphatic heterocycles. The maximum Gasteiger partial charge on any atom is 0.322 e. The third-order valence-corrected chi connectivity index (χ3v) is 10.2. The van der Waals surface area contributed by atoms with Crippen molar-refractivity contribution in [3.63, 3.8) is 0 Å². The number of ether oxygens (including phenoxy) is 1. The molecule has 2 heterocycles. The van der Waals surface area contributed by atoms with E-state index in [4.69, 9.17) is 9.72 Å². The Morgan fingerprint density at radius 1 is 1.00 bits per heavy atom. The fraction of sp³-hybridized carbons (Fsp3) is 0.286. The van der Waals surface area contributed by atoms with Crippen molar-refractivity contribution in [2.75, 3.05) is 38.1 Å². The molecule has 1 amide bonds. The summed E-state index contributed by atoms with van der Waals surface area (Å²) >= 11 is 1.46. The Morgan fingerprint density at radius 2 is 1.71 bits per heavy atom. The van der Waals surface area contributed by atoms with Crippen molar-refractivity contribution < 1.29 is 27.9 Å². The molecule has 250 valence electrons. The summed E-state index contributed by atoms with van der Waals surface area (Å²) in [6, 6.07) is 21.6. The molecule has 13 heteroatoms. The lowest BCUT2D eigenvalue weighted by Crippen LogP contribution is -2.55. The highest BCUT2D eigenvalue weighted by Gasteiger charge is 2.33. The van der Waals surface area contributed by atoms with Crippen LogP contribution in [0.5, 0.6) is 5.75 Å². The number of thiazole rings is 1. The van der Waals surface area contributed by atoms with Crippen LogP contribution in [-0.4, -0.2) is 74.0 Å². The number of piperazine rings is 1. The van der Waals surface area contributed by atoms with Gasteiger partial charge >= 0.3 is 5.97 Å². The van der Waals surface area contributed by atoms with E-state index in [1.165, 1.54) is 15.6 Å². The Morgan fingerprint density at radius 3 is 2.35 bits per heavy atom. The standard InChI is InChI=1S/C35H37N5O6S2/c1-24(2)33(35(42)43)38-48(44,45)40-19-17-39(18-20-40)29-14-9-25(10-15-29)11-16-32-37-31(23-47-32)28-5-4-6-30(21-28)46-22-26-7-12-27(13-8-26)34(41)36-3/h4-10,12-15,21,23-24,33,38H,17-20,22H2,1-3H3,(H,36,41)(H,42,43). The van der Waals surface area contributed by atoms with Crippen molar-refractivity contribution >= 4 is 39.1 Å². The van der Waals surface area contributed by atoms with Gasteiger partial charge in [-0.1, -0.05) is 44.0 Å². The van der Waals surface area contributed by atoms with Crippen LogP contribution in [0, 0.1) is 17.8 Å². The predicted molar refractivity (Wildman–Crippen MR) is 186 cm³/mol. The van der Waals surface area contributed by atoms with Gasteiger partial charge in [-0.3, -0.25) is 9.59 Å². The smallest absolute Gasteiger partial charge is 0.322 e. The van der Waals surface area contributed by atoms with Crippen LogP contribution in [-0.2, 0) is 21.6 Å². The molecule has 1 saturated heterocycles. The Kier molecular flexibility index (Phi) is 11.1. The zero-order valence-corrected chi connectivity index (χ0v) is 28.5. The van der Waals surface area contributed by atoms with Crippen LogP contribution >= 0.6 is 11.3 Å². The third kappa shape index (κ3) is 8.78. The number of aliphatic carboxylic acids is 1. The first kappa shape index (κ1) is 34.6. The molecular weight excluding hydrogens is 651 g/mol. The molecule has 1 atom stereocenters. The average molecular weight is 688 g/mol. The number of anilines is 1. The number of hydrogen-bond acceptors (Lipinski definition) is 8. The van der Waals surface area contributed by atoms with Gasteiger partial charge in [-0.2, -0.15) is 17.4 Å². The zero-order chi connectivity index (χ0) is 34.3. The Hall–Kier alpha value is -4.74. The summed E-state index contributed by atoms with van der Waals surface area (Å²) in [6.07, 6.45) is 0. The zero-order valence-electron chi connectivity index (χ0n) is 26.8. The molecule has 0 radical (unpaired) electrons. The van der Waals surface area contributed by atoms with Gasteiger partial charge in [0.25, 0.3) is 16.1 Å². The van der Waals surface area contributed by atoms with Crippen LogP contribution in [0.4, 0.5) is 5.69 Å². The summed E-state index contributed by atoms with van der Waals surface area (Å²) in [7, 11) is -2.32.